The van der Waals surface area contributed by atoms with Crippen LogP contribution in [0, 0.1) is 0 Å². The fourth-order valence-electron chi connectivity index (χ4n) is 2.38. The summed E-state index contributed by atoms with van der Waals surface area (Å²) >= 11 is 0. The maximum absolute atomic E-state index is 12.5. The molecule has 0 fully saturated rings. The highest BCUT2D eigenvalue weighted by molar-refractivity contribution is 6.38. The molecule has 0 aliphatic carbocycles. The Morgan fingerprint density at radius 1 is 1.08 bits per heavy atom. The summed E-state index contributed by atoms with van der Waals surface area (Å²) in [5.41, 5.74) is 0.228. The fraction of sp³-hybridized carbons (Fsp3) is 0.550. The van der Waals surface area contributed by atoms with E-state index in [1.165, 1.54) is 0 Å². The third kappa shape index (κ3) is 7.68. The summed E-state index contributed by atoms with van der Waals surface area (Å²) < 4.78 is 5.19. The molecule has 0 heterocycles. The van der Waals surface area contributed by atoms with E-state index in [0.717, 1.165) is 12.0 Å². The largest absolute Gasteiger partial charge is 0.444 e. The highest BCUT2D eigenvalue weighted by Gasteiger charge is 2.29. The van der Waals surface area contributed by atoms with Crippen LogP contribution >= 0.6 is 0 Å². The van der Waals surface area contributed by atoms with Crippen molar-refractivity contribution in [2.24, 2.45) is 0 Å². The van der Waals surface area contributed by atoms with E-state index in [1.54, 1.807) is 20.8 Å². The number of hydrogen-bond donors (Lipinski definition) is 2. The van der Waals surface area contributed by atoms with E-state index in [9.17, 15) is 14.4 Å². The number of unbranched alkanes of at least 4 members (excludes halogenated alkanes) is 1. The summed E-state index contributed by atoms with van der Waals surface area (Å²) in [5.74, 6) is -1.37. The zero-order valence-corrected chi connectivity index (χ0v) is 16.3. The molecule has 0 radical (unpaired) electrons. The second-order valence-electron chi connectivity index (χ2n) is 7.31. The van der Waals surface area contributed by atoms with Crippen LogP contribution in [-0.4, -0.2) is 29.4 Å². The molecule has 0 saturated carbocycles. The molecule has 0 saturated heterocycles. The lowest BCUT2D eigenvalue weighted by molar-refractivity contribution is -0.139. The molecule has 2 atom stereocenters. The van der Waals surface area contributed by atoms with Gasteiger partial charge in [-0.15, -0.1) is 0 Å². The van der Waals surface area contributed by atoms with Crippen molar-refractivity contribution in [3.05, 3.63) is 35.9 Å². The lowest BCUT2D eigenvalue weighted by atomic mass is 10.0. The molecule has 0 aromatic heterocycles. The summed E-state index contributed by atoms with van der Waals surface area (Å²) in [6, 6.07) is 8.18. The average molecular weight is 362 g/mol. The summed E-state index contributed by atoms with van der Waals surface area (Å²) in [6.45, 7) is 9.01. The molecule has 1 rings (SSSR count). The molecule has 144 valence electrons. The Balaban J connectivity index is 2.74. The van der Waals surface area contributed by atoms with Gasteiger partial charge in [0.15, 0.2) is 0 Å². The monoisotopic (exact) mass is 362 g/mol. The van der Waals surface area contributed by atoms with E-state index in [4.69, 9.17) is 4.74 Å². The van der Waals surface area contributed by atoms with Crippen LogP contribution in [0.15, 0.2) is 30.3 Å². The number of Topliss-reactive ketones (excluding diaryl/α,β-unsaturated/α-hetero) is 1. The minimum absolute atomic E-state index is 0.305. The first-order chi connectivity index (χ1) is 12.1. The lowest BCUT2D eigenvalue weighted by Gasteiger charge is -2.23. The Hall–Kier alpha value is -2.37. The van der Waals surface area contributed by atoms with Crippen molar-refractivity contribution in [2.75, 3.05) is 0 Å². The smallest absolute Gasteiger partial charge is 0.408 e. The molecule has 6 heteroatoms. The zero-order valence-electron chi connectivity index (χ0n) is 16.3. The molecular weight excluding hydrogens is 332 g/mol. The summed E-state index contributed by atoms with van der Waals surface area (Å²) in [5, 5.41) is 5.22. The number of alkyl carbamates (subject to hydrolysis) is 1. The van der Waals surface area contributed by atoms with Crippen LogP contribution in [0.25, 0.3) is 0 Å². The van der Waals surface area contributed by atoms with Crippen LogP contribution < -0.4 is 10.6 Å². The van der Waals surface area contributed by atoms with Crippen molar-refractivity contribution in [3.63, 3.8) is 0 Å². The van der Waals surface area contributed by atoms with E-state index in [1.807, 2.05) is 44.2 Å². The molecule has 1 aromatic carbocycles. The van der Waals surface area contributed by atoms with E-state index in [-0.39, 0.29) is 6.04 Å². The standard InChI is InChI=1S/C20H30N2O4/c1-6-7-13-16(22-19(25)26-20(3,4)5)17(23)18(24)21-14(2)15-11-9-8-10-12-15/h8-12,14,16H,6-7,13H2,1-5H3,(H,21,24)(H,22,25)/t14?,16-/m0/s1. The normalized spacial score (nSPS) is 13.4. The summed E-state index contributed by atoms with van der Waals surface area (Å²) in [7, 11) is 0. The fourth-order valence-corrected chi connectivity index (χ4v) is 2.38. The first-order valence-electron chi connectivity index (χ1n) is 9.03. The number of carbonyl (C=O) groups excluding carboxylic acids is 3. The highest BCUT2D eigenvalue weighted by Crippen LogP contribution is 2.12. The van der Waals surface area contributed by atoms with Crippen LogP contribution in [0.5, 0.6) is 0 Å². The summed E-state index contributed by atoms with van der Waals surface area (Å²) in [6.07, 6.45) is 1.26. The Bertz CT molecular complexity index is 608. The highest BCUT2D eigenvalue weighted by atomic mass is 16.6. The quantitative estimate of drug-likeness (QED) is 0.693. The van der Waals surface area contributed by atoms with Crippen molar-refractivity contribution in [2.45, 2.75) is 71.6 Å². The van der Waals surface area contributed by atoms with E-state index < -0.39 is 29.4 Å². The van der Waals surface area contributed by atoms with Crippen molar-refractivity contribution in [1.29, 1.82) is 0 Å². The van der Waals surface area contributed by atoms with Gasteiger partial charge in [0, 0.05) is 0 Å². The molecule has 2 amide bonds. The van der Waals surface area contributed by atoms with Crippen molar-refractivity contribution in [3.8, 4) is 0 Å². The maximum Gasteiger partial charge on any atom is 0.408 e. The van der Waals surface area contributed by atoms with E-state index in [2.05, 4.69) is 10.6 Å². The number of ether oxygens (including phenoxy) is 1. The molecule has 2 N–H and O–H groups in total. The van der Waals surface area contributed by atoms with Crippen molar-refractivity contribution < 1.29 is 19.1 Å². The van der Waals surface area contributed by atoms with Gasteiger partial charge in [-0.05, 0) is 39.7 Å². The number of amides is 2. The minimum atomic E-state index is -0.896. The average Bonchev–Trinajstić information content (AvgIpc) is 2.57. The molecule has 6 nitrogen and oxygen atoms in total. The third-order valence-electron chi connectivity index (χ3n) is 3.72. The van der Waals surface area contributed by atoms with Gasteiger partial charge in [-0.3, -0.25) is 9.59 Å². The second kappa shape index (κ2) is 9.94. The van der Waals surface area contributed by atoms with Gasteiger partial charge in [0.1, 0.15) is 11.6 Å². The predicted molar refractivity (Wildman–Crippen MR) is 101 cm³/mol. The number of benzene rings is 1. The molecular formula is C20H30N2O4. The topological polar surface area (TPSA) is 84.5 Å². The molecule has 1 unspecified atom stereocenters. The Morgan fingerprint density at radius 3 is 2.23 bits per heavy atom. The van der Waals surface area contributed by atoms with E-state index in [0.29, 0.717) is 12.8 Å². The van der Waals surface area contributed by atoms with Crippen LogP contribution in [0.3, 0.4) is 0 Å². The van der Waals surface area contributed by atoms with Crippen LogP contribution in [0.2, 0.25) is 0 Å². The van der Waals surface area contributed by atoms with Crippen molar-refractivity contribution >= 4 is 17.8 Å². The lowest BCUT2D eigenvalue weighted by Crippen LogP contribution is -2.49. The van der Waals surface area contributed by atoms with Gasteiger partial charge in [0.2, 0.25) is 5.78 Å². The van der Waals surface area contributed by atoms with Gasteiger partial charge >= 0.3 is 6.09 Å². The SMILES string of the molecule is CCCC[C@H](NC(=O)OC(C)(C)C)C(=O)C(=O)NC(C)c1ccccc1. The van der Waals surface area contributed by atoms with Crippen LogP contribution in [0.4, 0.5) is 4.79 Å². The first kappa shape index (κ1) is 21.7. The molecule has 0 bridgehead atoms. The molecule has 0 aliphatic heterocycles. The van der Waals surface area contributed by atoms with Gasteiger partial charge < -0.3 is 15.4 Å². The number of rotatable bonds is 8. The van der Waals surface area contributed by atoms with Gasteiger partial charge in [0.05, 0.1) is 6.04 Å². The minimum Gasteiger partial charge on any atom is -0.444 e. The Labute approximate surface area is 155 Å². The van der Waals surface area contributed by atoms with Crippen LogP contribution in [-0.2, 0) is 14.3 Å². The first-order valence-corrected chi connectivity index (χ1v) is 9.03. The third-order valence-corrected chi connectivity index (χ3v) is 3.72. The van der Waals surface area contributed by atoms with Crippen molar-refractivity contribution in [1.82, 2.24) is 10.6 Å². The molecule has 0 aliphatic rings. The second-order valence-corrected chi connectivity index (χ2v) is 7.31. The number of nitrogens with one attached hydrogen (secondary N) is 2. The molecule has 26 heavy (non-hydrogen) atoms. The van der Waals surface area contributed by atoms with Gasteiger partial charge in [-0.25, -0.2) is 4.79 Å². The van der Waals surface area contributed by atoms with Crippen LogP contribution in [0.1, 0.15) is 65.5 Å². The number of ketones is 1. The Morgan fingerprint density at radius 2 is 1.69 bits per heavy atom. The Kier molecular flexibility index (Phi) is 8.29. The van der Waals surface area contributed by atoms with E-state index >= 15 is 0 Å². The molecule has 0 spiro atoms. The maximum atomic E-state index is 12.5. The van der Waals surface area contributed by atoms with Gasteiger partial charge in [-0.2, -0.15) is 0 Å². The van der Waals surface area contributed by atoms with Gasteiger partial charge in [0.25, 0.3) is 5.91 Å². The number of carbonyl (C=O) groups is 3. The summed E-state index contributed by atoms with van der Waals surface area (Å²) in [4.78, 5) is 36.9. The van der Waals surface area contributed by atoms with Gasteiger partial charge in [-0.1, -0.05) is 50.1 Å². The number of hydrogen-bond acceptors (Lipinski definition) is 4. The zero-order chi connectivity index (χ0) is 19.7. The molecule has 1 aromatic rings. The predicted octanol–water partition coefficient (Wildman–Crippen LogP) is 3.52.